The zero-order chi connectivity index (χ0) is 14.2. The van der Waals surface area contributed by atoms with E-state index in [0.29, 0.717) is 11.9 Å². The molecule has 0 aliphatic heterocycles. The van der Waals surface area contributed by atoms with E-state index >= 15 is 0 Å². The van der Waals surface area contributed by atoms with Crippen molar-refractivity contribution in [2.24, 2.45) is 0 Å². The largest absolute Gasteiger partial charge is 0.481 e. The molecule has 0 saturated heterocycles. The van der Waals surface area contributed by atoms with Gasteiger partial charge in [0.05, 0.1) is 7.11 Å². The fraction of sp³-hybridized carbons (Fsp3) is 0.353. The zero-order valence-electron chi connectivity index (χ0n) is 12.2. The van der Waals surface area contributed by atoms with Gasteiger partial charge in [-0.05, 0) is 31.4 Å². The van der Waals surface area contributed by atoms with Crippen LogP contribution in [0.2, 0.25) is 0 Å². The maximum atomic E-state index is 5.26. The van der Waals surface area contributed by atoms with Crippen molar-refractivity contribution in [2.45, 2.75) is 32.4 Å². The van der Waals surface area contributed by atoms with E-state index in [1.165, 1.54) is 5.56 Å². The number of nitrogens with one attached hydrogen (secondary N) is 1. The number of hydrogen-bond donors (Lipinski definition) is 1. The summed E-state index contributed by atoms with van der Waals surface area (Å²) in [5.74, 6) is 0.704. The standard InChI is InChI=1S/C17H22N2O/c1-14(10-11-15-7-4-3-5-8-15)19-13-16-9-6-12-18-17(16)20-2/h3-9,12,14,19H,10-11,13H2,1-2H3. The Bertz CT molecular complexity index is 513. The van der Waals surface area contributed by atoms with Crippen LogP contribution in [-0.4, -0.2) is 18.1 Å². The summed E-state index contributed by atoms with van der Waals surface area (Å²) in [6, 6.07) is 15.0. The molecule has 0 spiro atoms. The van der Waals surface area contributed by atoms with Gasteiger partial charge in [0.25, 0.3) is 0 Å². The van der Waals surface area contributed by atoms with Gasteiger partial charge in [0.2, 0.25) is 5.88 Å². The topological polar surface area (TPSA) is 34.1 Å². The van der Waals surface area contributed by atoms with E-state index in [2.05, 4.69) is 47.6 Å². The Hall–Kier alpha value is -1.87. The zero-order valence-corrected chi connectivity index (χ0v) is 12.2. The second-order valence-corrected chi connectivity index (χ2v) is 4.98. The summed E-state index contributed by atoms with van der Waals surface area (Å²) in [6.45, 7) is 3.00. The van der Waals surface area contributed by atoms with Crippen LogP contribution < -0.4 is 10.1 Å². The Kier molecular flexibility index (Phi) is 5.56. The average molecular weight is 270 g/mol. The highest BCUT2D eigenvalue weighted by Gasteiger charge is 2.06. The first-order valence-electron chi connectivity index (χ1n) is 7.05. The van der Waals surface area contributed by atoms with Crippen molar-refractivity contribution in [1.82, 2.24) is 10.3 Å². The van der Waals surface area contributed by atoms with Crippen LogP contribution in [0.25, 0.3) is 0 Å². The van der Waals surface area contributed by atoms with Crippen molar-refractivity contribution in [3.63, 3.8) is 0 Å². The summed E-state index contributed by atoms with van der Waals surface area (Å²) in [6.07, 6.45) is 3.97. The molecule has 0 fully saturated rings. The van der Waals surface area contributed by atoms with Gasteiger partial charge in [-0.25, -0.2) is 4.98 Å². The second kappa shape index (κ2) is 7.65. The molecular formula is C17H22N2O. The third-order valence-corrected chi connectivity index (χ3v) is 3.39. The summed E-state index contributed by atoms with van der Waals surface area (Å²) in [4.78, 5) is 4.21. The predicted molar refractivity (Wildman–Crippen MR) is 81.9 cm³/mol. The molecule has 2 rings (SSSR count). The summed E-state index contributed by atoms with van der Waals surface area (Å²) in [5, 5.41) is 3.52. The summed E-state index contributed by atoms with van der Waals surface area (Å²) in [7, 11) is 1.66. The number of methoxy groups -OCH3 is 1. The molecule has 20 heavy (non-hydrogen) atoms. The number of nitrogens with zero attached hydrogens (tertiary/aromatic N) is 1. The number of aryl methyl sites for hydroxylation is 1. The van der Waals surface area contributed by atoms with Gasteiger partial charge in [-0.2, -0.15) is 0 Å². The Morgan fingerprint density at radius 3 is 2.70 bits per heavy atom. The minimum Gasteiger partial charge on any atom is -0.481 e. The molecule has 3 heteroatoms. The van der Waals surface area contributed by atoms with Crippen molar-refractivity contribution in [1.29, 1.82) is 0 Å². The lowest BCUT2D eigenvalue weighted by molar-refractivity contribution is 0.388. The highest BCUT2D eigenvalue weighted by Crippen LogP contribution is 2.13. The van der Waals surface area contributed by atoms with Gasteiger partial charge in [-0.15, -0.1) is 0 Å². The third kappa shape index (κ3) is 4.35. The molecule has 1 unspecified atom stereocenters. The minimum atomic E-state index is 0.458. The molecule has 106 valence electrons. The van der Waals surface area contributed by atoms with Crippen molar-refractivity contribution < 1.29 is 4.74 Å². The van der Waals surface area contributed by atoms with Gasteiger partial charge in [0.15, 0.2) is 0 Å². The SMILES string of the molecule is COc1ncccc1CNC(C)CCc1ccccc1. The lowest BCUT2D eigenvalue weighted by atomic mass is 10.1. The van der Waals surface area contributed by atoms with E-state index in [1.807, 2.05) is 12.1 Å². The molecule has 3 nitrogen and oxygen atoms in total. The number of ether oxygens (including phenoxy) is 1. The van der Waals surface area contributed by atoms with E-state index in [0.717, 1.165) is 24.9 Å². The quantitative estimate of drug-likeness (QED) is 0.839. The Morgan fingerprint density at radius 2 is 1.95 bits per heavy atom. The highest BCUT2D eigenvalue weighted by molar-refractivity contribution is 5.25. The molecule has 0 aliphatic rings. The van der Waals surface area contributed by atoms with Crippen LogP contribution in [0.4, 0.5) is 0 Å². The van der Waals surface area contributed by atoms with Crippen molar-refractivity contribution in [2.75, 3.05) is 7.11 Å². The first-order valence-corrected chi connectivity index (χ1v) is 7.05. The van der Waals surface area contributed by atoms with E-state index in [9.17, 15) is 0 Å². The normalized spacial score (nSPS) is 12.1. The summed E-state index contributed by atoms with van der Waals surface area (Å²) in [5.41, 5.74) is 2.49. The maximum absolute atomic E-state index is 5.26. The van der Waals surface area contributed by atoms with Crippen LogP contribution in [0.1, 0.15) is 24.5 Å². The van der Waals surface area contributed by atoms with E-state index in [1.54, 1.807) is 13.3 Å². The van der Waals surface area contributed by atoms with Crippen LogP contribution in [0.3, 0.4) is 0 Å². The lowest BCUT2D eigenvalue weighted by Crippen LogP contribution is -2.26. The molecule has 1 heterocycles. The van der Waals surface area contributed by atoms with Crippen LogP contribution in [-0.2, 0) is 13.0 Å². The molecule has 1 aromatic heterocycles. The average Bonchev–Trinajstić information content (AvgIpc) is 2.52. The number of benzene rings is 1. The molecule has 0 radical (unpaired) electrons. The van der Waals surface area contributed by atoms with E-state index in [4.69, 9.17) is 4.74 Å². The van der Waals surface area contributed by atoms with Gasteiger partial charge in [0.1, 0.15) is 0 Å². The fourth-order valence-electron chi connectivity index (χ4n) is 2.16. The van der Waals surface area contributed by atoms with Crippen LogP contribution in [0.15, 0.2) is 48.7 Å². The lowest BCUT2D eigenvalue weighted by Gasteiger charge is -2.15. The molecule has 0 amide bonds. The van der Waals surface area contributed by atoms with E-state index < -0.39 is 0 Å². The van der Waals surface area contributed by atoms with Gasteiger partial charge < -0.3 is 10.1 Å². The molecule has 0 aliphatic carbocycles. The van der Waals surface area contributed by atoms with E-state index in [-0.39, 0.29) is 0 Å². The molecule has 0 bridgehead atoms. The number of pyridine rings is 1. The monoisotopic (exact) mass is 270 g/mol. The highest BCUT2D eigenvalue weighted by atomic mass is 16.5. The Balaban J connectivity index is 1.79. The number of rotatable bonds is 7. The summed E-state index contributed by atoms with van der Waals surface area (Å²) >= 11 is 0. The Morgan fingerprint density at radius 1 is 1.15 bits per heavy atom. The molecular weight excluding hydrogens is 248 g/mol. The first-order chi connectivity index (χ1) is 9.79. The van der Waals surface area contributed by atoms with Crippen molar-refractivity contribution >= 4 is 0 Å². The maximum Gasteiger partial charge on any atom is 0.217 e. The fourth-order valence-corrected chi connectivity index (χ4v) is 2.16. The smallest absolute Gasteiger partial charge is 0.217 e. The van der Waals surface area contributed by atoms with Crippen LogP contribution in [0, 0.1) is 0 Å². The molecule has 1 N–H and O–H groups in total. The van der Waals surface area contributed by atoms with Crippen LogP contribution >= 0.6 is 0 Å². The predicted octanol–water partition coefficient (Wildman–Crippen LogP) is 3.20. The second-order valence-electron chi connectivity index (χ2n) is 4.98. The van der Waals surface area contributed by atoms with Crippen molar-refractivity contribution in [3.8, 4) is 5.88 Å². The molecule has 1 aromatic carbocycles. The minimum absolute atomic E-state index is 0.458. The molecule has 1 atom stereocenters. The third-order valence-electron chi connectivity index (χ3n) is 3.39. The van der Waals surface area contributed by atoms with Gasteiger partial charge in [-0.1, -0.05) is 36.4 Å². The molecule has 2 aromatic rings. The summed E-state index contributed by atoms with van der Waals surface area (Å²) < 4.78 is 5.26. The Labute approximate surface area is 121 Å². The van der Waals surface area contributed by atoms with Gasteiger partial charge in [-0.3, -0.25) is 0 Å². The van der Waals surface area contributed by atoms with Crippen molar-refractivity contribution in [3.05, 3.63) is 59.8 Å². The van der Waals surface area contributed by atoms with Gasteiger partial charge in [0, 0.05) is 24.3 Å². The number of aromatic nitrogens is 1. The first kappa shape index (κ1) is 14.5. The van der Waals surface area contributed by atoms with Gasteiger partial charge >= 0.3 is 0 Å². The van der Waals surface area contributed by atoms with Crippen LogP contribution in [0.5, 0.6) is 5.88 Å². The molecule has 0 saturated carbocycles. The number of hydrogen-bond acceptors (Lipinski definition) is 3.